The molecule has 0 N–H and O–H groups in total. The van der Waals surface area contributed by atoms with Crippen LogP contribution in [0, 0.1) is 13.8 Å². The van der Waals surface area contributed by atoms with Gasteiger partial charge in [-0.25, -0.2) is 9.48 Å². The van der Waals surface area contributed by atoms with Gasteiger partial charge in [0.1, 0.15) is 12.4 Å². The summed E-state index contributed by atoms with van der Waals surface area (Å²) in [4.78, 5) is 12.3. The Morgan fingerprint density at radius 2 is 1.88 bits per heavy atom. The van der Waals surface area contributed by atoms with Gasteiger partial charge in [-0.2, -0.15) is 14.5 Å². The van der Waals surface area contributed by atoms with Crippen molar-refractivity contribution in [3.63, 3.8) is 0 Å². The molecule has 8 nitrogen and oxygen atoms in total. The van der Waals surface area contributed by atoms with Gasteiger partial charge in [-0.3, -0.25) is 0 Å². The number of hydrogen-bond acceptors (Lipinski definition) is 5. The van der Waals surface area contributed by atoms with Crippen molar-refractivity contribution in [3.8, 4) is 17.1 Å². The summed E-state index contributed by atoms with van der Waals surface area (Å²) in [5, 5.41) is 12.8. The van der Waals surface area contributed by atoms with Gasteiger partial charge in [0.15, 0.2) is 0 Å². The SMILES string of the molecule is CCc1c(C)nn(-c2ccc(OCc3c(Br)cccc3-n3nnn(C)c3=O)c(Cl)c2)c1C. The highest BCUT2D eigenvalue weighted by molar-refractivity contribution is 9.10. The van der Waals surface area contributed by atoms with Crippen molar-refractivity contribution in [1.29, 1.82) is 0 Å². The molecule has 32 heavy (non-hydrogen) atoms. The maximum absolute atomic E-state index is 12.3. The van der Waals surface area contributed by atoms with Crippen molar-refractivity contribution >= 4 is 27.5 Å². The molecule has 0 bridgehead atoms. The van der Waals surface area contributed by atoms with E-state index in [2.05, 4.69) is 45.3 Å². The number of hydrogen-bond donors (Lipinski definition) is 0. The molecule has 0 spiro atoms. The highest BCUT2D eigenvalue weighted by Gasteiger charge is 2.16. The Hall–Kier alpha value is -2.91. The number of aromatic nitrogens is 6. The van der Waals surface area contributed by atoms with Crippen LogP contribution in [0.2, 0.25) is 5.02 Å². The summed E-state index contributed by atoms with van der Waals surface area (Å²) in [5.41, 5.74) is 5.21. The molecule has 2 aromatic carbocycles. The van der Waals surface area contributed by atoms with Crippen LogP contribution in [-0.4, -0.2) is 29.6 Å². The molecule has 166 valence electrons. The van der Waals surface area contributed by atoms with Crippen molar-refractivity contribution in [2.45, 2.75) is 33.8 Å². The van der Waals surface area contributed by atoms with Gasteiger partial charge >= 0.3 is 5.69 Å². The van der Waals surface area contributed by atoms with E-state index in [9.17, 15) is 4.79 Å². The molecule has 0 unspecified atom stereocenters. The molecule has 2 aromatic heterocycles. The minimum atomic E-state index is -0.344. The van der Waals surface area contributed by atoms with Crippen molar-refractivity contribution in [2.75, 3.05) is 0 Å². The Kier molecular flexibility index (Phi) is 6.21. The number of tetrazole rings is 1. The van der Waals surface area contributed by atoms with E-state index >= 15 is 0 Å². The largest absolute Gasteiger partial charge is 0.487 e. The lowest BCUT2D eigenvalue weighted by molar-refractivity contribution is 0.305. The third-order valence-electron chi connectivity index (χ3n) is 5.37. The molecular weight excluding hydrogens is 496 g/mol. The zero-order valence-electron chi connectivity index (χ0n) is 18.1. The molecule has 0 fully saturated rings. The third-order valence-corrected chi connectivity index (χ3v) is 6.41. The first kappa shape index (κ1) is 22.3. The van der Waals surface area contributed by atoms with Crippen LogP contribution >= 0.6 is 27.5 Å². The molecule has 0 atom stereocenters. The number of halogens is 2. The van der Waals surface area contributed by atoms with E-state index in [1.165, 1.54) is 14.9 Å². The predicted molar refractivity (Wildman–Crippen MR) is 126 cm³/mol. The highest BCUT2D eigenvalue weighted by atomic mass is 79.9. The fourth-order valence-corrected chi connectivity index (χ4v) is 4.38. The molecule has 0 aliphatic heterocycles. The maximum Gasteiger partial charge on any atom is 0.368 e. The molecule has 2 heterocycles. The Morgan fingerprint density at radius 3 is 2.50 bits per heavy atom. The quantitative estimate of drug-likeness (QED) is 0.380. The van der Waals surface area contributed by atoms with Crippen LogP contribution in [0.3, 0.4) is 0 Å². The second-order valence-electron chi connectivity index (χ2n) is 7.35. The average Bonchev–Trinajstić information content (AvgIpc) is 3.25. The monoisotopic (exact) mass is 516 g/mol. The molecule has 0 radical (unpaired) electrons. The first-order chi connectivity index (χ1) is 15.3. The molecule has 4 rings (SSSR count). The maximum atomic E-state index is 12.3. The molecule has 10 heteroatoms. The van der Waals surface area contributed by atoms with E-state index in [4.69, 9.17) is 16.3 Å². The number of aryl methyl sites for hydroxylation is 2. The van der Waals surface area contributed by atoms with Gasteiger partial charge in [0.05, 0.1) is 22.1 Å². The van der Waals surface area contributed by atoms with Gasteiger partial charge in [0.2, 0.25) is 0 Å². The summed E-state index contributed by atoms with van der Waals surface area (Å²) in [7, 11) is 1.55. The van der Waals surface area contributed by atoms with Crippen LogP contribution in [0.25, 0.3) is 11.4 Å². The van der Waals surface area contributed by atoms with Gasteiger partial charge in [0.25, 0.3) is 0 Å². The molecule has 4 aromatic rings. The topological polar surface area (TPSA) is 79.8 Å². The minimum absolute atomic E-state index is 0.179. The zero-order valence-corrected chi connectivity index (χ0v) is 20.5. The number of nitrogens with zero attached hydrogens (tertiary/aromatic N) is 6. The van der Waals surface area contributed by atoms with E-state index in [1.807, 2.05) is 41.9 Å². The van der Waals surface area contributed by atoms with Gasteiger partial charge in [-0.05, 0) is 66.6 Å². The molecule has 0 aliphatic carbocycles. The van der Waals surface area contributed by atoms with E-state index in [-0.39, 0.29) is 12.3 Å². The van der Waals surface area contributed by atoms with Gasteiger partial charge in [-0.1, -0.05) is 40.5 Å². The Balaban J connectivity index is 1.62. The van der Waals surface area contributed by atoms with E-state index in [1.54, 1.807) is 13.1 Å². The number of ether oxygens (including phenoxy) is 1. The number of benzene rings is 2. The Morgan fingerprint density at radius 1 is 1.09 bits per heavy atom. The lowest BCUT2D eigenvalue weighted by Crippen LogP contribution is -2.23. The summed E-state index contributed by atoms with van der Waals surface area (Å²) >= 11 is 10.1. The molecule has 0 saturated carbocycles. The fraction of sp³-hybridized carbons (Fsp3) is 0.273. The summed E-state index contributed by atoms with van der Waals surface area (Å²) in [6.45, 7) is 6.37. The molecule has 0 amide bonds. The van der Waals surface area contributed by atoms with Gasteiger partial charge < -0.3 is 4.74 Å². The first-order valence-electron chi connectivity index (χ1n) is 10.1. The minimum Gasteiger partial charge on any atom is -0.487 e. The summed E-state index contributed by atoms with van der Waals surface area (Å²) in [6.07, 6.45) is 0.926. The van der Waals surface area contributed by atoms with Crippen molar-refractivity contribution < 1.29 is 4.74 Å². The summed E-state index contributed by atoms with van der Waals surface area (Å²) < 4.78 is 11.1. The smallest absolute Gasteiger partial charge is 0.368 e. The summed E-state index contributed by atoms with van der Waals surface area (Å²) in [5.74, 6) is 0.529. The standard InChI is InChI=1S/C22H22BrClN6O2/c1-5-16-13(2)25-29(14(16)3)15-9-10-21(19(24)11-15)32-12-17-18(23)7-6-8-20(17)30-22(31)28(4)26-27-30/h6-11H,5,12H2,1-4H3. The van der Waals surface area contributed by atoms with E-state index in [0.29, 0.717) is 16.5 Å². The van der Waals surface area contributed by atoms with E-state index in [0.717, 1.165) is 33.5 Å². The normalized spacial score (nSPS) is 11.2. The van der Waals surface area contributed by atoms with Crippen molar-refractivity contribution in [1.82, 2.24) is 29.6 Å². The lowest BCUT2D eigenvalue weighted by Gasteiger charge is -2.14. The zero-order chi connectivity index (χ0) is 23.0. The van der Waals surface area contributed by atoms with Crippen LogP contribution in [-0.2, 0) is 20.1 Å². The third kappa shape index (κ3) is 3.98. The second-order valence-corrected chi connectivity index (χ2v) is 8.61. The first-order valence-corrected chi connectivity index (χ1v) is 11.2. The van der Waals surface area contributed by atoms with Crippen molar-refractivity contribution in [2.24, 2.45) is 7.05 Å². The fourth-order valence-electron chi connectivity index (χ4n) is 3.68. The Bertz CT molecular complexity index is 1360. The van der Waals surface area contributed by atoms with Crippen LogP contribution in [0.5, 0.6) is 5.75 Å². The van der Waals surface area contributed by atoms with Crippen LogP contribution in [0.15, 0.2) is 45.7 Å². The lowest BCUT2D eigenvalue weighted by atomic mass is 10.1. The predicted octanol–water partition coefficient (Wildman–Crippen LogP) is 4.33. The molecule has 0 saturated heterocycles. The number of rotatable bonds is 6. The molecular formula is C22H22BrClN6O2. The van der Waals surface area contributed by atoms with E-state index < -0.39 is 0 Å². The Labute approximate surface area is 198 Å². The highest BCUT2D eigenvalue weighted by Crippen LogP contribution is 2.31. The van der Waals surface area contributed by atoms with Crippen LogP contribution < -0.4 is 10.4 Å². The molecule has 0 aliphatic rings. The van der Waals surface area contributed by atoms with Crippen molar-refractivity contribution in [3.05, 3.63) is 78.9 Å². The van der Waals surface area contributed by atoms with Crippen LogP contribution in [0.1, 0.15) is 29.4 Å². The van der Waals surface area contributed by atoms with Gasteiger partial charge in [-0.15, -0.1) is 0 Å². The van der Waals surface area contributed by atoms with Gasteiger partial charge in [0, 0.05) is 22.8 Å². The second kappa shape index (κ2) is 8.91. The average molecular weight is 518 g/mol. The summed E-state index contributed by atoms with van der Waals surface area (Å²) in [6, 6.07) is 11.1. The van der Waals surface area contributed by atoms with Crippen LogP contribution in [0.4, 0.5) is 0 Å².